The second-order valence-corrected chi connectivity index (χ2v) is 2.85. The van der Waals surface area contributed by atoms with E-state index in [-0.39, 0.29) is 0 Å². The van der Waals surface area contributed by atoms with Gasteiger partial charge in [0.2, 0.25) is 0 Å². The van der Waals surface area contributed by atoms with Crippen molar-refractivity contribution < 1.29 is 9.37 Å². The van der Waals surface area contributed by atoms with Gasteiger partial charge in [-0.3, -0.25) is 0 Å². The first-order chi connectivity index (χ1) is 6.33. The molecule has 0 aliphatic carbocycles. The van der Waals surface area contributed by atoms with Crippen molar-refractivity contribution >= 4 is 22.6 Å². The first-order valence-electron chi connectivity index (χ1n) is 3.86. The molecule has 0 bridgehead atoms. The van der Waals surface area contributed by atoms with E-state index in [1.807, 2.05) is 6.92 Å². The topological polar surface area (TPSA) is 48.2 Å². The van der Waals surface area contributed by atoms with Crippen molar-refractivity contribution in [3.05, 3.63) is 17.2 Å². The average Bonchev–Trinajstić information content (AvgIpc) is 2.58. The highest BCUT2D eigenvalue weighted by molar-refractivity contribution is 6.33. The fraction of sp³-hybridized carbons (Fsp3) is 0.250. The Morgan fingerprint density at radius 2 is 2.31 bits per heavy atom. The lowest BCUT2D eigenvalue weighted by Crippen LogP contribution is -1.93. The van der Waals surface area contributed by atoms with Gasteiger partial charge < -0.3 is 4.74 Å². The van der Waals surface area contributed by atoms with Crippen molar-refractivity contribution in [1.29, 1.82) is 0 Å². The highest BCUT2D eigenvalue weighted by atomic mass is 35.5. The number of benzene rings is 1. The van der Waals surface area contributed by atoms with Crippen LogP contribution in [0.2, 0.25) is 5.02 Å². The molecule has 0 fully saturated rings. The minimum absolute atomic E-state index is 0.519. The number of ether oxygens (including phenoxy) is 1. The summed E-state index contributed by atoms with van der Waals surface area (Å²) in [5.41, 5.74) is 1.21. The molecule has 13 heavy (non-hydrogen) atoms. The van der Waals surface area contributed by atoms with Crippen molar-refractivity contribution in [3.8, 4) is 5.75 Å². The maximum absolute atomic E-state index is 5.90. The number of fused-ring (bicyclic) bond motifs is 1. The van der Waals surface area contributed by atoms with Crippen LogP contribution < -0.4 is 4.74 Å². The molecule has 5 heteroatoms. The van der Waals surface area contributed by atoms with Crippen molar-refractivity contribution in [1.82, 2.24) is 10.3 Å². The lowest BCUT2D eigenvalue weighted by molar-refractivity contribution is 0.310. The number of rotatable bonds is 2. The normalized spacial score (nSPS) is 10.6. The van der Waals surface area contributed by atoms with Crippen molar-refractivity contribution in [2.75, 3.05) is 6.61 Å². The van der Waals surface area contributed by atoms with E-state index in [1.54, 1.807) is 12.1 Å². The van der Waals surface area contributed by atoms with Gasteiger partial charge in [-0.1, -0.05) is 11.6 Å². The van der Waals surface area contributed by atoms with E-state index in [0.29, 0.717) is 28.4 Å². The van der Waals surface area contributed by atoms with Crippen LogP contribution >= 0.6 is 11.6 Å². The molecular weight excluding hydrogens is 192 g/mol. The van der Waals surface area contributed by atoms with Crippen LogP contribution in [0.25, 0.3) is 11.0 Å². The van der Waals surface area contributed by atoms with E-state index in [2.05, 4.69) is 14.9 Å². The Hall–Kier alpha value is -1.29. The van der Waals surface area contributed by atoms with Crippen LogP contribution in [0.15, 0.2) is 16.8 Å². The third kappa shape index (κ3) is 1.33. The van der Waals surface area contributed by atoms with E-state index < -0.39 is 0 Å². The Bertz CT molecular complexity index is 427. The third-order valence-corrected chi connectivity index (χ3v) is 1.92. The molecule has 2 rings (SSSR count). The van der Waals surface area contributed by atoms with Gasteiger partial charge in [-0.05, 0) is 29.4 Å². The van der Waals surface area contributed by atoms with Gasteiger partial charge in [0.1, 0.15) is 5.52 Å². The maximum Gasteiger partial charge on any atom is 0.178 e. The molecule has 0 radical (unpaired) electrons. The van der Waals surface area contributed by atoms with Crippen molar-refractivity contribution in [2.45, 2.75) is 6.92 Å². The standard InChI is InChI=1S/C8H7ClN2O2/c1-2-12-8-5(9)3-4-6-7(8)11-13-10-6/h3-4H,2H2,1H3. The van der Waals surface area contributed by atoms with E-state index in [9.17, 15) is 0 Å². The van der Waals surface area contributed by atoms with Crippen LogP contribution in [0.3, 0.4) is 0 Å². The highest BCUT2D eigenvalue weighted by Crippen LogP contribution is 2.31. The third-order valence-electron chi connectivity index (χ3n) is 1.62. The number of nitrogens with zero attached hydrogens (tertiary/aromatic N) is 2. The van der Waals surface area contributed by atoms with Gasteiger partial charge in [-0.25, -0.2) is 4.63 Å². The van der Waals surface area contributed by atoms with E-state index in [0.717, 1.165) is 0 Å². The van der Waals surface area contributed by atoms with Crippen LogP contribution in [0.5, 0.6) is 5.75 Å². The SMILES string of the molecule is CCOc1c(Cl)ccc2nonc12. The van der Waals surface area contributed by atoms with Crippen LogP contribution in [0, 0.1) is 0 Å². The minimum Gasteiger partial charge on any atom is -0.490 e. The Balaban J connectivity index is 2.66. The second-order valence-electron chi connectivity index (χ2n) is 2.44. The van der Waals surface area contributed by atoms with Crippen LogP contribution in [0.4, 0.5) is 0 Å². The molecule has 0 spiro atoms. The summed E-state index contributed by atoms with van der Waals surface area (Å²) in [6, 6.07) is 3.44. The molecule has 4 nitrogen and oxygen atoms in total. The molecule has 2 aromatic rings. The van der Waals surface area contributed by atoms with Crippen LogP contribution in [0.1, 0.15) is 6.92 Å². The van der Waals surface area contributed by atoms with Gasteiger partial charge in [-0.2, -0.15) is 0 Å². The summed E-state index contributed by atoms with van der Waals surface area (Å²) in [6.45, 7) is 2.41. The molecular formula is C8H7ClN2O2. The summed E-state index contributed by atoms with van der Waals surface area (Å²) in [5.74, 6) is 0.530. The lowest BCUT2D eigenvalue weighted by Gasteiger charge is -2.03. The molecule has 0 N–H and O–H groups in total. The molecule has 0 atom stereocenters. The smallest absolute Gasteiger partial charge is 0.178 e. The summed E-state index contributed by atoms with van der Waals surface area (Å²) in [6.07, 6.45) is 0. The second kappa shape index (κ2) is 3.22. The van der Waals surface area contributed by atoms with Crippen molar-refractivity contribution in [3.63, 3.8) is 0 Å². The number of hydrogen-bond acceptors (Lipinski definition) is 4. The van der Waals surface area contributed by atoms with Gasteiger partial charge in [0.15, 0.2) is 11.3 Å². The first-order valence-corrected chi connectivity index (χ1v) is 4.24. The maximum atomic E-state index is 5.90. The monoisotopic (exact) mass is 198 g/mol. The van der Waals surface area contributed by atoms with Gasteiger partial charge >= 0.3 is 0 Å². The van der Waals surface area contributed by atoms with Gasteiger partial charge in [0.05, 0.1) is 11.6 Å². The van der Waals surface area contributed by atoms with E-state index >= 15 is 0 Å². The van der Waals surface area contributed by atoms with Gasteiger partial charge in [0, 0.05) is 0 Å². The number of halogens is 1. The summed E-state index contributed by atoms with van der Waals surface area (Å²) in [5, 5.41) is 7.90. The minimum atomic E-state index is 0.519. The summed E-state index contributed by atoms with van der Waals surface area (Å²) < 4.78 is 9.88. The Kier molecular flexibility index (Phi) is 2.06. The summed E-state index contributed by atoms with van der Waals surface area (Å²) in [4.78, 5) is 0. The van der Waals surface area contributed by atoms with Crippen LogP contribution in [-0.4, -0.2) is 16.9 Å². The molecule has 1 aromatic carbocycles. The molecule has 0 unspecified atom stereocenters. The quantitative estimate of drug-likeness (QED) is 0.743. The number of hydrogen-bond donors (Lipinski definition) is 0. The molecule has 0 amide bonds. The zero-order valence-electron chi connectivity index (χ0n) is 6.95. The Morgan fingerprint density at radius 1 is 1.46 bits per heavy atom. The first kappa shape index (κ1) is 8.31. The Labute approximate surface area is 79.4 Å². The fourth-order valence-electron chi connectivity index (χ4n) is 1.08. The average molecular weight is 199 g/mol. The molecule has 0 saturated heterocycles. The van der Waals surface area contributed by atoms with Gasteiger partial charge in [-0.15, -0.1) is 0 Å². The fourth-order valence-corrected chi connectivity index (χ4v) is 1.29. The molecule has 68 valence electrons. The Morgan fingerprint density at radius 3 is 3.08 bits per heavy atom. The predicted molar refractivity (Wildman–Crippen MR) is 48.0 cm³/mol. The molecule has 0 aliphatic rings. The van der Waals surface area contributed by atoms with Crippen LogP contribution in [-0.2, 0) is 0 Å². The summed E-state index contributed by atoms with van der Waals surface area (Å²) >= 11 is 5.90. The molecule has 1 aromatic heterocycles. The zero-order valence-corrected chi connectivity index (χ0v) is 7.71. The molecule has 0 aliphatic heterocycles. The highest BCUT2D eigenvalue weighted by Gasteiger charge is 2.11. The van der Waals surface area contributed by atoms with Gasteiger partial charge in [0.25, 0.3) is 0 Å². The molecule has 0 saturated carbocycles. The van der Waals surface area contributed by atoms with E-state index in [4.69, 9.17) is 16.3 Å². The number of aromatic nitrogens is 2. The zero-order chi connectivity index (χ0) is 9.26. The largest absolute Gasteiger partial charge is 0.490 e. The van der Waals surface area contributed by atoms with Crippen molar-refractivity contribution in [2.24, 2.45) is 0 Å². The predicted octanol–water partition coefficient (Wildman–Crippen LogP) is 2.27. The lowest BCUT2D eigenvalue weighted by atomic mass is 10.3. The van der Waals surface area contributed by atoms with E-state index in [1.165, 1.54) is 0 Å². The molecule has 1 heterocycles. The summed E-state index contributed by atoms with van der Waals surface area (Å²) in [7, 11) is 0.